The van der Waals surface area contributed by atoms with E-state index < -0.39 is 0 Å². The van der Waals surface area contributed by atoms with Gasteiger partial charge in [0.1, 0.15) is 0 Å². The van der Waals surface area contributed by atoms with Crippen LogP contribution in [0.1, 0.15) is 13.8 Å². The van der Waals surface area contributed by atoms with E-state index in [0.29, 0.717) is 0 Å². The summed E-state index contributed by atoms with van der Waals surface area (Å²) < 4.78 is 0. The molecule has 1 aliphatic heterocycles. The molecule has 2 atom stereocenters. The first-order valence-corrected chi connectivity index (χ1v) is 3.94. The van der Waals surface area contributed by atoms with Gasteiger partial charge in [0.05, 0.1) is 0 Å². The van der Waals surface area contributed by atoms with Gasteiger partial charge in [-0.3, -0.25) is 0 Å². The topological polar surface area (TPSA) is 0 Å². The molecule has 1 fully saturated rings. The van der Waals surface area contributed by atoms with Crippen molar-refractivity contribution in [3.8, 4) is 0 Å². The normalized spacial score (nSPS) is 49.2. The molecule has 1 aliphatic rings. The van der Waals surface area contributed by atoms with E-state index in [0.717, 1.165) is 24.6 Å². The molecule has 1 saturated heterocycles. The molecule has 0 spiro atoms. The Balaban J connectivity index is 2.20. The van der Waals surface area contributed by atoms with Crippen LogP contribution in [0.2, 0.25) is 9.63 Å². The van der Waals surface area contributed by atoms with Gasteiger partial charge in [0.2, 0.25) is 0 Å². The van der Waals surface area contributed by atoms with E-state index in [1.807, 2.05) is 0 Å². The summed E-state index contributed by atoms with van der Waals surface area (Å²) in [7, 11) is 0. The molecule has 0 aromatic heterocycles. The van der Waals surface area contributed by atoms with Gasteiger partial charge in [0, 0.05) is 0 Å². The van der Waals surface area contributed by atoms with Gasteiger partial charge in [-0.2, -0.15) is 0 Å². The van der Waals surface area contributed by atoms with Crippen LogP contribution in [0.25, 0.3) is 0 Å². The maximum atomic E-state index is 2.32. The molecule has 0 bridgehead atoms. The van der Waals surface area contributed by atoms with Crippen LogP contribution in [0.3, 0.4) is 0 Å². The van der Waals surface area contributed by atoms with Crippen molar-refractivity contribution < 1.29 is 0 Å². The van der Waals surface area contributed by atoms with Gasteiger partial charge in [-0.05, 0) is 0 Å². The summed E-state index contributed by atoms with van der Waals surface area (Å²) in [6.45, 7) is 4.65. The molecule has 0 N–H and O–H groups in total. The van der Waals surface area contributed by atoms with Crippen molar-refractivity contribution in [1.82, 2.24) is 0 Å². The minimum atomic E-state index is 1.04. The molecule has 30 valence electrons. The van der Waals surface area contributed by atoms with E-state index in [1.165, 1.54) is 0 Å². The van der Waals surface area contributed by atoms with Crippen molar-refractivity contribution >= 4 is 15.0 Å². The summed E-state index contributed by atoms with van der Waals surface area (Å²) in [5.74, 6) is 0. The molecule has 0 amide bonds. The second-order valence-electron chi connectivity index (χ2n) is 1.55. The average Bonchev–Trinajstić information content (AvgIpc) is 1.79. The van der Waals surface area contributed by atoms with Gasteiger partial charge < -0.3 is 0 Å². The molecule has 0 aromatic rings. The molecule has 0 aliphatic carbocycles. The van der Waals surface area contributed by atoms with Crippen molar-refractivity contribution in [1.29, 1.82) is 0 Å². The Bertz CT molecular complexity index is 36.9. The zero-order valence-electron chi connectivity index (χ0n) is 3.56. The van der Waals surface area contributed by atoms with E-state index in [1.54, 1.807) is 0 Å². The van der Waals surface area contributed by atoms with E-state index in [9.17, 15) is 0 Å². The van der Waals surface area contributed by atoms with Crippen LogP contribution in [-0.2, 0) is 0 Å². The third-order valence-electron chi connectivity index (χ3n) is 1.01. The fraction of sp³-hybridized carbons (Fsp3) is 1.00. The molecule has 0 saturated carbocycles. The first kappa shape index (κ1) is 3.70. The van der Waals surface area contributed by atoms with Crippen molar-refractivity contribution in [2.45, 2.75) is 23.5 Å². The summed E-state index contributed by atoms with van der Waals surface area (Å²) in [4.78, 5) is 2.23. The van der Waals surface area contributed by atoms with Crippen LogP contribution in [0.15, 0.2) is 0 Å². The average molecular weight is 135 g/mol. The molecule has 0 aromatic carbocycles. The summed E-state index contributed by atoms with van der Waals surface area (Å²) >= 11 is 1.04. The molecule has 5 heavy (non-hydrogen) atoms. The number of hydrogen-bond acceptors (Lipinski definition) is 0. The Morgan fingerprint density at radius 2 is 1.40 bits per heavy atom. The number of hydrogen-bond donors (Lipinski definition) is 0. The zero-order valence-corrected chi connectivity index (χ0v) is 5.28. The minimum absolute atomic E-state index is 1.04. The molecule has 0 nitrogen and oxygen atoms in total. The van der Waals surface area contributed by atoms with Crippen molar-refractivity contribution in [2.24, 2.45) is 0 Å². The fourth-order valence-corrected chi connectivity index (χ4v) is 1.52. The molecule has 1 heterocycles. The molecule has 2 unspecified atom stereocenters. The maximum absolute atomic E-state index is 2.32. The Morgan fingerprint density at radius 3 is 1.40 bits per heavy atom. The predicted molar refractivity (Wildman–Crippen MR) is 24.6 cm³/mol. The monoisotopic (exact) mass is 136 g/mol. The standard InChI is InChI=1S/C4H8Se/c1-3-4(2)5-3/h3-4H,1-2H3. The molecule has 1 rings (SSSR count). The third-order valence-corrected chi connectivity index (χ3v) is 3.87. The zero-order chi connectivity index (χ0) is 3.86. The van der Waals surface area contributed by atoms with Crippen LogP contribution >= 0.6 is 0 Å². The first-order valence-electron chi connectivity index (χ1n) is 1.96. The molecular formula is C4H8Se. The van der Waals surface area contributed by atoms with E-state index in [4.69, 9.17) is 0 Å². The fourth-order valence-electron chi connectivity index (χ4n) is 0.293. The van der Waals surface area contributed by atoms with E-state index in [-0.39, 0.29) is 0 Å². The van der Waals surface area contributed by atoms with Gasteiger partial charge in [0.15, 0.2) is 0 Å². The molecule has 0 radical (unpaired) electrons. The van der Waals surface area contributed by atoms with Gasteiger partial charge in [-0.15, -0.1) is 0 Å². The van der Waals surface area contributed by atoms with Gasteiger partial charge in [-0.1, -0.05) is 0 Å². The predicted octanol–water partition coefficient (Wildman–Crippen LogP) is 1.32. The third kappa shape index (κ3) is 0.675. The van der Waals surface area contributed by atoms with Crippen molar-refractivity contribution in [3.63, 3.8) is 0 Å². The van der Waals surface area contributed by atoms with Crippen LogP contribution in [-0.4, -0.2) is 15.0 Å². The first-order chi connectivity index (χ1) is 2.30. The quantitative estimate of drug-likeness (QED) is 0.439. The Labute approximate surface area is 39.1 Å². The van der Waals surface area contributed by atoms with Crippen molar-refractivity contribution in [2.75, 3.05) is 0 Å². The second kappa shape index (κ2) is 0.990. The van der Waals surface area contributed by atoms with Crippen LogP contribution in [0.5, 0.6) is 0 Å². The van der Waals surface area contributed by atoms with Crippen LogP contribution in [0, 0.1) is 0 Å². The Kier molecular flexibility index (Phi) is 0.733. The second-order valence-corrected chi connectivity index (χ2v) is 5.24. The number of rotatable bonds is 0. The van der Waals surface area contributed by atoms with E-state index in [2.05, 4.69) is 13.8 Å². The molecular weight excluding hydrogens is 127 g/mol. The van der Waals surface area contributed by atoms with Gasteiger partial charge in [0.25, 0.3) is 0 Å². The van der Waals surface area contributed by atoms with Crippen molar-refractivity contribution in [3.05, 3.63) is 0 Å². The van der Waals surface area contributed by atoms with Gasteiger partial charge in [-0.25, -0.2) is 0 Å². The summed E-state index contributed by atoms with van der Waals surface area (Å²) in [5.41, 5.74) is 0. The molecule has 1 heteroatoms. The summed E-state index contributed by atoms with van der Waals surface area (Å²) in [6, 6.07) is 0. The SMILES string of the molecule is CC1[Se]C1C. The van der Waals surface area contributed by atoms with E-state index >= 15 is 0 Å². The van der Waals surface area contributed by atoms with Crippen LogP contribution < -0.4 is 0 Å². The summed E-state index contributed by atoms with van der Waals surface area (Å²) in [5, 5.41) is 0. The summed E-state index contributed by atoms with van der Waals surface area (Å²) in [6.07, 6.45) is 0. The Morgan fingerprint density at radius 1 is 1.20 bits per heavy atom. The van der Waals surface area contributed by atoms with Crippen LogP contribution in [0.4, 0.5) is 0 Å². The van der Waals surface area contributed by atoms with Gasteiger partial charge >= 0.3 is 38.4 Å². The Hall–Kier alpha value is 0.519.